The summed E-state index contributed by atoms with van der Waals surface area (Å²) in [6, 6.07) is 7.16. The summed E-state index contributed by atoms with van der Waals surface area (Å²) in [5.41, 5.74) is 0.663. The van der Waals surface area contributed by atoms with Gasteiger partial charge in [0.25, 0.3) is 5.91 Å². The highest BCUT2D eigenvalue weighted by Gasteiger charge is 2.25. The minimum Gasteiger partial charge on any atom is -0.450 e. The van der Waals surface area contributed by atoms with Crippen LogP contribution in [0, 0.1) is 0 Å². The number of rotatable bonds is 3. The molecule has 1 aliphatic heterocycles. The summed E-state index contributed by atoms with van der Waals surface area (Å²) >= 11 is 0. The molecule has 1 fully saturated rings. The Morgan fingerprint density at radius 2 is 1.92 bits per heavy atom. The number of pyridine rings is 1. The summed E-state index contributed by atoms with van der Waals surface area (Å²) in [6.45, 7) is 3.18. The van der Waals surface area contributed by atoms with E-state index < -0.39 is 0 Å². The van der Waals surface area contributed by atoms with Crippen molar-refractivity contribution in [2.75, 3.05) is 19.7 Å². The van der Waals surface area contributed by atoms with Crippen LogP contribution in [0.15, 0.2) is 35.3 Å². The Morgan fingerprint density at radius 1 is 1.23 bits per heavy atom. The third-order valence-electron chi connectivity index (χ3n) is 4.70. The molecule has 1 N–H and O–H groups in total. The zero-order chi connectivity index (χ0) is 18.7. The number of para-hydroxylation sites is 1. The van der Waals surface area contributed by atoms with E-state index in [-0.39, 0.29) is 29.0 Å². The van der Waals surface area contributed by atoms with E-state index in [2.05, 4.69) is 5.32 Å². The molecule has 0 unspecified atom stereocenters. The van der Waals surface area contributed by atoms with Crippen LogP contribution in [0.1, 0.15) is 30.1 Å². The maximum atomic E-state index is 12.6. The average molecular weight is 357 g/mol. The highest BCUT2D eigenvalue weighted by molar-refractivity contribution is 5.97. The third-order valence-corrected chi connectivity index (χ3v) is 4.70. The number of amides is 2. The molecular formula is C19H23N3O4. The average Bonchev–Trinajstić information content (AvgIpc) is 2.65. The van der Waals surface area contributed by atoms with Crippen LogP contribution < -0.4 is 10.7 Å². The van der Waals surface area contributed by atoms with E-state index >= 15 is 0 Å². The first-order chi connectivity index (χ1) is 12.5. The number of nitrogens with zero attached hydrogens (tertiary/aromatic N) is 2. The molecule has 1 saturated heterocycles. The number of aromatic nitrogens is 1. The monoisotopic (exact) mass is 357 g/mol. The Kier molecular flexibility index (Phi) is 5.25. The third kappa shape index (κ3) is 3.56. The van der Waals surface area contributed by atoms with E-state index in [9.17, 15) is 14.4 Å². The van der Waals surface area contributed by atoms with Crippen molar-refractivity contribution in [3.8, 4) is 0 Å². The fourth-order valence-corrected chi connectivity index (χ4v) is 3.29. The predicted molar refractivity (Wildman–Crippen MR) is 98.3 cm³/mol. The highest BCUT2D eigenvalue weighted by Crippen LogP contribution is 2.13. The van der Waals surface area contributed by atoms with E-state index in [1.807, 2.05) is 19.2 Å². The van der Waals surface area contributed by atoms with Crippen molar-refractivity contribution in [3.05, 3.63) is 46.2 Å². The fourth-order valence-electron chi connectivity index (χ4n) is 3.29. The molecule has 2 aromatic rings. The van der Waals surface area contributed by atoms with Crippen LogP contribution in [-0.2, 0) is 11.8 Å². The van der Waals surface area contributed by atoms with Crippen molar-refractivity contribution >= 4 is 22.9 Å². The zero-order valence-electron chi connectivity index (χ0n) is 15.0. The zero-order valence-corrected chi connectivity index (χ0v) is 15.0. The molecular weight excluding hydrogens is 334 g/mol. The van der Waals surface area contributed by atoms with Gasteiger partial charge in [-0.3, -0.25) is 9.59 Å². The van der Waals surface area contributed by atoms with Gasteiger partial charge in [-0.2, -0.15) is 0 Å². The first-order valence-electron chi connectivity index (χ1n) is 8.82. The van der Waals surface area contributed by atoms with Gasteiger partial charge in [0.2, 0.25) is 5.43 Å². The summed E-state index contributed by atoms with van der Waals surface area (Å²) in [5, 5.41) is 3.46. The molecule has 3 rings (SSSR count). The molecule has 0 saturated carbocycles. The van der Waals surface area contributed by atoms with Crippen molar-refractivity contribution in [1.82, 2.24) is 14.8 Å². The summed E-state index contributed by atoms with van der Waals surface area (Å²) < 4.78 is 6.78. The van der Waals surface area contributed by atoms with Crippen LogP contribution in [0.4, 0.5) is 4.79 Å². The summed E-state index contributed by atoms with van der Waals surface area (Å²) in [6.07, 6.45) is 2.53. The SMILES string of the molecule is CCOC(=O)N1CCC(NC(=O)c2cn(C)c3ccccc3c2=O)CC1. The molecule has 1 aromatic carbocycles. The minimum absolute atomic E-state index is 0.0654. The molecule has 2 heterocycles. The Balaban J connectivity index is 1.70. The highest BCUT2D eigenvalue weighted by atomic mass is 16.6. The number of benzene rings is 1. The second kappa shape index (κ2) is 7.59. The second-order valence-electron chi connectivity index (χ2n) is 6.43. The number of hydrogen-bond acceptors (Lipinski definition) is 4. The van der Waals surface area contributed by atoms with Crippen molar-refractivity contribution in [2.24, 2.45) is 7.05 Å². The quantitative estimate of drug-likeness (QED) is 0.910. The summed E-state index contributed by atoms with van der Waals surface area (Å²) in [4.78, 5) is 38.6. The lowest BCUT2D eigenvalue weighted by Crippen LogP contribution is -2.47. The number of likely N-dealkylation sites (tertiary alicyclic amines) is 1. The van der Waals surface area contributed by atoms with Crippen LogP contribution in [0.25, 0.3) is 10.9 Å². The molecule has 0 atom stereocenters. The molecule has 2 amide bonds. The topological polar surface area (TPSA) is 80.6 Å². The lowest BCUT2D eigenvalue weighted by Gasteiger charge is -2.31. The van der Waals surface area contributed by atoms with Gasteiger partial charge < -0.3 is 19.5 Å². The molecule has 7 nitrogen and oxygen atoms in total. The fraction of sp³-hybridized carbons (Fsp3) is 0.421. The molecule has 26 heavy (non-hydrogen) atoms. The standard InChI is InChI=1S/C19H23N3O4/c1-3-26-19(25)22-10-8-13(9-11-22)20-18(24)15-12-21(2)16-7-5-4-6-14(16)17(15)23/h4-7,12-13H,3,8-11H2,1-2H3,(H,20,24). The van der Waals surface area contributed by atoms with E-state index in [1.165, 1.54) is 0 Å². The number of hydrogen-bond donors (Lipinski definition) is 1. The molecule has 0 bridgehead atoms. The molecule has 7 heteroatoms. The van der Waals surface area contributed by atoms with Gasteiger partial charge in [-0.05, 0) is 31.9 Å². The molecule has 0 radical (unpaired) electrons. The lowest BCUT2D eigenvalue weighted by molar-refractivity contribution is 0.0859. The van der Waals surface area contributed by atoms with E-state index in [1.54, 1.807) is 34.7 Å². The van der Waals surface area contributed by atoms with Gasteiger partial charge in [0, 0.05) is 37.8 Å². The Hall–Kier alpha value is -2.83. The van der Waals surface area contributed by atoms with Gasteiger partial charge in [0.15, 0.2) is 0 Å². The van der Waals surface area contributed by atoms with Crippen LogP contribution in [-0.4, -0.2) is 47.2 Å². The second-order valence-corrected chi connectivity index (χ2v) is 6.43. The van der Waals surface area contributed by atoms with Crippen LogP contribution in [0.2, 0.25) is 0 Å². The molecule has 1 aliphatic rings. The number of fused-ring (bicyclic) bond motifs is 1. The van der Waals surface area contributed by atoms with Crippen molar-refractivity contribution in [2.45, 2.75) is 25.8 Å². The number of ether oxygens (including phenoxy) is 1. The number of piperidine rings is 1. The van der Waals surface area contributed by atoms with Crippen LogP contribution >= 0.6 is 0 Å². The number of carbonyl (C=O) groups excluding carboxylic acids is 2. The Bertz CT molecular complexity index is 882. The van der Waals surface area contributed by atoms with Crippen LogP contribution in [0.3, 0.4) is 0 Å². The van der Waals surface area contributed by atoms with Crippen molar-refractivity contribution in [1.29, 1.82) is 0 Å². The normalized spacial score (nSPS) is 15.1. The van der Waals surface area contributed by atoms with Gasteiger partial charge in [-0.1, -0.05) is 12.1 Å². The smallest absolute Gasteiger partial charge is 0.409 e. The van der Waals surface area contributed by atoms with Gasteiger partial charge in [-0.25, -0.2) is 4.79 Å². The number of nitrogens with one attached hydrogen (secondary N) is 1. The maximum absolute atomic E-state index is 12.6. The van der Waals surface area contributed by atoms with Gasteiger partial charge >= 0.3 is 6.09 Å². The van der Waals surface area contributed by atoms with Gasteiger partial charge in [0.05, 0.1) is 12.1 Å². The predicted octanol–water partition coefficient (Wildman–Crippen LogP) is 1.89. The van der Waals surface area contributed by atoms with E-state index in [4.69, 9.17) is 4.74 Å². The first kappa shape index (κ1) is 18.0. The van der Waals surface area contributed by atoms with Crippen molar-refractivity contribution < 1.29 is 14.3 Å². The molecule has 0 spiro atoms. The molecule has 1 aromatic heterocycles. The molecule has 138 valence electrons. The number of carbonyl (C=O) groups is 2. The Morgan fingerprint density at radius 3 is 2.62 bits per heavy atom. The minimum atomic E-state index is -0.370. The Labute approximate surface area is 151 Å². The summed E-state index contributed by atoms with van der Waals surface area (Å²) in [5.74, 6) is -0.370. The lowest BCUT2D eigenvalue weighted by atomic mass is 10.0. The largest absolute Gasteiger partial charge is 0.450 e. The van der Waals surface area contributed by atoms with Crippen LogP contribution in [0.5, 0.6) is 0 Å². The van der Waals surface area contributed by atoms with Gasteiger partial charge in [0.1, 0.15) is 5.56 Å². The summed E-state index contributed by atoms with van der Waals surface area (Å²) in [7, 11) is 1.82. The van der Waals surface area contributed by atoms with Crippen molar-refractivity contribution in [3.63, 3.8) is 0 Å². The first-order valence-corrected chi connectivity index (χ1v) is 8.82. The van der Waals surface area contributed by atoms with Gasteiger partial charge in [-0.15, -0.1) is 0 Å². The van der Waals surface area contributed by atoms with E-state index in [0.717, 1.165) is 5.52 Å². The van der Waals surface area contributed by atoms with E-state index in [0.29, 0.717) is 37.9 Å². The maximum Gasteiger partial charge on any atom is 0.409 e. The molecule has 0 aliphatic carbocycles. The number of aryl methyl sites for hydroxylation is 1.